The van der Waals surface area contributed by atoms with E-state index in [2.05, 4.69) is 10.3 Å². The molecule has 1 rings (SSSR count). The topological polar surface area (TPSA) is 80.7 Å². The molecule has 0 saturated heterocycles. The summed E-state index contributed by atoms with van der Waals surface area (Å²) >= 11 is 0. The van der Waals surface area contributed by atoms with Crippen LogP contribution < -0.4 is 5.32 Å². The SMILES string of the molecule is COCCOCCCNCc1cccc(C(=O)O)n1. The number of pyridine rings is 1. The van der Waals surface area contributed by atoms with Crippen LogP contribution in [0.1, 0.15) is 22.6 Å². The molecule has 0 aliphatic carbocycles. The zero-order valence-corrected chi connectivity index (χ0v) is 11.1. The molecule has 1 aromatic rings. The van der Waals surface area contributed by atoms with Crippen LogP contribution in [0, 0.1) is 0 Å². The maximum atomic E-state index is 10.7. The molecule has 0 bridgehead atoms. The Morgan fingerprint density at radius 2 is 2.21 bits per heavy atom. The Morgan fingerprint density at radius 1 is 1.37 bits per heavy atom. The summed E-state index contributed by atoms with van der Waals surface area (Å²) in [5, 5.41) is 12.0. The molecule has 0 fully saturated rings. The van der Waals surface area contributed by atoms with Gasteiger partial charge in [0.2, 0.25) is 0 Å². The maximum absolute atomic E-state index is 10.7. The highest BCUT2D eigenvalue weighted by molar-refractivity contribution is 5.85. The fourth-order valence-electron chi connectivity index (χ4n) is 1.46. The van der Waals surface area contributed by atoms with Gasteiger partial charge >= 0.3 is 5.97 Å². The van der Waals surface area contributed by atoms with Gasteiger partial charge in [0.15, 0.2) is 0 Å². The highest BCUT2D eigenvalue weighted by Gasteiger charge is 2.04. The number of rotatable bonds is 10. The van der Waals surface area contributed by atoms with Crippen LogP contribution in [0.25, 0.3) is 0 Å². The first-order chi connectivity index (χ1) is 9.24. The van der Waals surface area contributed by atoms with Crippen molar-refractivity contribution >= 4 is 5.97 Å². The molecule has 19 heavy (non-hydrogen) atoms. The third-order valence-corrected chi connectivity index (χ3v) is 2.41. The molecule has 6 heteroatoms. The van der Waals surface area contributed by atoms with Crippen molar-refractivity contribution < 1.29 is 19.4 Å². The van der Waals surface area contributed by atoms with E-state index in [1.54, 1.807) is 19.2 Å². The molecule has 0 amide bonds. The van der Waals surface area contributed by atoms with E-state index in [9.17, 15) is 4.79 Å². The zero-order chi connectivity index (χ0) is 13.9. The van der Waals surface area contributed by atoms with Crippen LogP contribution in [0.2, 0.25) is 0 Å². The number of aromatic nitrogens is 1. The number of ether oxygens (including phenoxy) is 2. The standard InChI is InChI=1S/C13H20N2O4/c1-18-8-9-19-7-3-6-14-10-11-4-2-5-12(15-11)13(16)17/h2,4-5,14H,3,6-10H2,1H3,(H,16,17). The lowest BCUT2D eigenvalue weighted by molar-refractivity contribution is 0.0690. The van der Waals surface area contributed by atoms with Gasteiger partial charge in [0.25, 0.3) is 0 Å². The summed E-state index contributed by atoms with van der Waals surface area (Å²) < 4.78 is 10.2. The molecule has 0 atom stereocenters. The maximum Gasteiger partial charge on any atom is 0.354 e. The smallest absolute Gasteiger partial charge is 0.354 e. The van der Waals surface area contributed by atoms with Crippen molar-refractivity contribution in [2.45, 2.75) is 13.0 Å². The predicted octanol–water partition coefficient (Wildman–Crippen LogP) is 0.922. The Kier molecular flexibility index (Phi) is 7.72. The number of methoxy groups -OCH3 is 1. The van der Waals surface area contributed by atoms with Crippen molar-refractivity contribution in [1.82, 2.24) is 10.3 Å². The lowest BCUT2D eigenvalue weighted by Crippen LogP contribution is -2.18. The van der Waals surface area contributed by atoms with Crippen LogP contribution in [0.3, 0.4) is 0 Å². The second-order valence-corrected chi connectivity index (χ2v) is 3.95. The van der Waals surface area contributed by atoms with Gasteiger partial charge < -0.3 is 19.9 Å². The molecule has 106 valence electrons. The predicted molar refractivity (Wildman–Crippen MR) is 70.2 cm³/mol. The van der Waals surface area contributed by atoms with E-state index in [-0.39, 0.29) is 5.69 Å². The number of hydrogen-bond donors (Lipinski definition) is 2. The number of nitrogens with one attached hydrogen (secondary N) is 1. The normalized spacial score (nSPS) is 10.6. The molecule has 0 aliphatic heterocycles. The Balaban J connectivity index is 2.12. The molecule has 0 aromatic carbocycles. The minimum Gasteiger partial charge on any atom is -0.477 e. The highest BCUT2D eigenvalue weighted by atomic mass is 16.5. The van der Waals surface area contributed by atoms with E-state index in [1.807, 2.05) is 0 Å². The van der Waals surface area contributed by atoms with Crippen LogP contribution in [0.15, 0.2) is 18.2 Å². The van der Waals surface area contributed by atoms with Gasteiger partial charge in [-0.3, -0.25) is 0 Å². The number of carboxylic acid groups (broad SMARTS) is 1. The third-order valence-electron chi connectivity index (χ3n) is 2.41. The Morgan fingerprint density at radius 3 is 2.95 bits per heavy atom. The van der Waals surface area contributed by atoms with Crippen molar-refractivity contribution in [1.29, 1.82) is 0 Å². The van der Waals surface area contributed by atoms with Crippen LogP contribution in [0.4, 0.5) is 0 Å². The molecule has 0 aliphatic rings. The Bertz CT molecular complexity index is 385. The summed E-state index contributed by atoms with van der Waals surface area (Å²) in [4.78, 5) is 14.8. The van der Waals surface area contributed by atoms with Gasteiger partial charge in [-0.15, -0.1) is 0 Å². The Labute approximate surface area is 112 Å². The monoisotopic (exact) mass is 268 g/mol. The quantitative estimate of drug-likeness (QED) is 0.614. The van der Waals surface area contributed by atoms with Gasteiger partial charge in [0.05, 0.1) is 18.9 Å². The minimum atomic E-state index is -1.01. The average molecular weight is 268 g/mol. The molecule has 0 unspecified atom stereocenters. The third kappa shape index (κ3) is 6.85. The molecule has 1 aromatic heterocycles. The second kappa shape index (κ2) is 9.43. The van der Waals surface area contributed by atoms with E-state index in [4.69, 9.17) is 14.6 Å². The summed E-state index contributed by atoms with van der Waals surface area (Å²) in [5.74, 6) is -1.01. The van der Waals surface area contributed by atoms with Gasteiger partial charge in [-0.05, 0) is 25.1 Å². The first-order valence-corrected chi connectivity index (χ1v) is 6.20. The van der Waals surface area contributed by atoms with Crippen LogP contribution in [0.5, 0.6) is 0 Å². The largest absolute Gasteiger partial charge is 0.477 e. The highest BCUT2D eigenvalue weighted by Crippen LogP contribution is 1.99. The van der Waals surface area contributed by atoms with Crippen molar-refractivity contribution in [3.05, 3.63) is 29.6 Å². The van der Waals surface area contributed by atoms with Crippen molar-refractivity contribution in [3.8, 4) is 0 Å². The van der Waals surface area contributed by atoms with E-state index < -0.39 is 5.97 Å². The fraction of sp³-hybridized carbons (Fsp3) is 0.538. The molecular formula is C13H20N2O4. The lowest BCUT2D eigenvalue weighted by atomic mass is 10.3. The van der Waals surface area contributed by atoms with Crippen LogP contribution in [-0.4, -0.2) is 49.5 Å². The van der Waals surface area contributed by atoms with Gasteiger partial charge in [-0.2, -0.15) is 0 Å². The average Bonchev–Trinajstić information content (AvgIpc) is 2.42. The van der Waals surface area contributed by atoms with E-state index >= 15 is 0 Å². The van der Waals surface area contributed by atoms with Crippen LogP contribution >= 0.6 is 0 Å². The number of hydrogen-bond acceptors (Lipinski definition) is 5. The van der Waals surface area contributed by atoms with Gasteiger partial charge in [-0.1, -0.05) is 6.07 Å². The summed E-state index contributed by atoms with van der Waals surface area (Å²) in [7, 11) is 1.64. The second-order valence-electron chi connectivity index (χ2n) is 3.95. The molecule has 6 nitrogen and oxygen atoms in total. The molecule has 2 N–H and O–H groups in total. The number of carbonyl (C=O) groups is 1. The van der Waals surface area contributed by atoms with Gasteiger partial charge in [-0.25, -0.2) is 9.78 Å². The van der Waals surface area contributed by atoms with E-state index in [1.165, 1.54) is 6.07 Å². The first-order valence-electron chi connectivity index (χ1n) is 6.20. The molecule has 0 spiro atoms. The first kappa shape index (κ1) is 15.6. The lowest BCUT2D eigenvalue weighted by Gasteiger charge is -2.06. The molecule has 0 saturated carbocycles. The summed E-state index contributed by atoms with van der Waals surface area (Å²) in [6, 6.07) is 4.98. The zero-order valence-electron chi connectivity index (χ0n) is 11.1. The van der Waals surface area contributed by atoms with Crippen LogP contribution in [-0.2, 0) is 16.0 Å². The number of carboxylic acids is 1. The van der Waals surface area contributed by atoms with Crippen molar-refractivity contribution in [2.75, 3.05) is 33.5 Å². The van der Waals surface area contributed by atoms with Gasteiger partial charge in [0, 0.05) is 20.3 Å². The van der Waals surface area contributed by atoms with E-state index in [0.29, 0.717) is 26.4 Å². The fourth-order valence-corrected chi connectivity index (χ4v) is 1.46. The summed E-state index contributed by atoms with van der Waals surface area (Å²) in [6.07, 6.45) is 0.891. The Hall–Kier alpha value is -1.50. The molecule has 0 radical (unpaired) electrons. The van der Waals surface area contributed by atoms with Crippen molar-refractivity contribution in [3.63, 3.8) is 0 Å². The number of nitrogens with zero attached hydrogens (tertiary/aromatic N) is 1. The minimum absolute atomic E-state index is 0.0715. The number of aromatic carboxylic acids is 1. The molecular weight excluding hydrogens is 248 g/mol. The van der Waals surface area contributed by atoms with E-state index in [0.717, 1.165) is 18.7 Å². The van der Waals surface area contributed by atoms with Gasteiger partial charge in [0.1, 0.15) is 5.69 Å². The summed E-state index contributed by atoms with van der Waals surface area (Å²) in [6.45, 7) is 3.25. The summed E-state index contributed by atoms with van der Waals surface area (Å²) in [5.41, 5.74) is 0.794. The molecule has 1 heterocycles. The van der Waals surface area contributed by atoms with Crippen molar-refractivity contribution in [2.24, 2.45) is 0 Å².